The van der Waals surface area contributed by atoms with Crippen molar-refractivity contribution < 1.29 is 0 Å². The SMILES string of the molecule is ClC(Cl)(Cl)C(Cl)(Cl)CC(CC(Cl)(Cl)C(Cl)(Cl)Cl)CC(Cl)(Cl)C(Cl)(Cl)Cl. The molecule has 0 saturated carbocycles. The van der Waals surface area contributed by atoms with Gasteiger partial charge in [0.15, 0.2) is 13.0 Å². The van der Waals surface area contributed by atoms with Gasteiger partial charge in [-0.25, -0.2) is 0 Å². The molecule has 0 aromatic heterocycles. The summed E-state index contributed by atoms with van der Waals surface area (Å²) in [6.07, 6.45) is -0.719. The van der Waals surface area contributed by atoms with Crippen molar-refractivity contribution in [2.45, 2.75) is 43.6 Å². The summed E-state index contributed by atoms with van der Waals surface area (Å²) in [5.74, 6) is -0.790. The van der Waals surface area contributed by atoms with Gasteiger partial charge in [-0.1, -0.05) is 174 Å². The van der Waals surface area contributed by atoms with Crippen molar-refractivity contribution in [2.24, 2.45) is 5.92 Å². The smallest absolute Gasteiger partial charge is 0.0969 e. The van der Waals surface area contributed by atoms with Gasteiger partial charge in [-0.3, -0.25) is 0 Å². The lowest BCUT2D eigenvalue weighted by Gasteiger charge is -2.38. The van der Waals surface area contributed by atoms with E-state index in [1.807, 2.05) is 0 Å². The van der Waals surface area contributed by atoms with Crippen LogP contribution in [0.25, 0.3) is 0 Å². The summed E-state index contributed by atoms with van der Waals surface area (Å²) in [6, 6.07) is 0. The molecule has 0 radical (unpaired) electrons. The first-order chi connectivity index (χ1) is 10.5. The van der Waals surface area contributed by atoms with Gasteiger partial charge in [0.25, 0.3) is 0 Å². The van der Waals surface area contributed by atoms with E-state index in [2.05, 4.69) is 0 Å². The number of hydrogen-bond donors (Lipinski definition) is 0. The molecule has 0 rings (SSSR count). The molecule has 0 atom stereocenters. The summed E-state index contributed by atoms with van der Waals surface area (Å²) in [4.78, 5) is 0. The molecule has 0 aliphatic heterocycles. The number of rotatable bonds is 6. The second-order valence-electron chi connectivity index (χ2n) is 5.09. The molecule has 152 valence electrons. The third-order valence-corrected chi connectivity index (χ3v) is 10.2. The van der Waals surface area contributed by atoms with Crippen molar-refractivity contribution in [3.8, 4) is 0 Å². The maximum atomic E-state index is 6.09. The molecular formula is C10H7Cl15. The van der Waals surface area contributed by atoms with E-state index in [0.29, 0.717) is 0 Å². The normalized spacial score (nSPS) is 15.8. The van der Waals surface area contributed by atoms with Crippen LogP contribution < -0.4 is 0 Å². The molecule has 0 fully saturated rings. The minimum atomic E-state index is -2.09. The molecule has 0 aromatic carbocycles. The van der Waals surface area contributed by atoms with Gasteiger partial charge < -0.3 is 0 Å². The fourth-order valence-electron chi connectivity index (χ4n) is 1.65. The summed E-state index contributed by atoms with van der Waals surface area (Å²) in [7, 11) is 0. The molecule has 0 bridgehead atoms. The Morgan fingerprint density at radius 2 is 0.520 bits per heavy atom. The van der Waals surface area contributed by atoms with Crippen molar-refractivity contribution in [1.82, 2.24) is 0 Å². The largest absolute Gasteiger partial charge is 0.223 e. The molecule has 0 unspecified atom stereocenters. The van der Waals surface area contributed by atoms with Gasteiger partial charge in [0.1, 0.15) is 0 Å². The zero-order valence-electron chi connectivity index (χ0n) is 11.4. The lowest BCUT2D eigenvalue weighted by Crippen LogP contribution is -2.41. The van der Waals surface area contributed by atoms with Crippen LogP contribution in [0.4, 0.5) is 0 Å². The van der Waals surface area contributed by atoms with Crippen LogP contribution in [-0.2, 0) is 0 Å². The van der Waals surface area contributed by atoms with Crippen LogP contribution in [-0.4, -0.2) is 24.4 Å². The molecule has 0 nitrogen and oxygen atoms in total. The molecule has 0 spiro atoms. The Morgan fingerprint density at radius 1 is 0.360 bits per heavy atom. The van der Waals surface area contributed by atoms with Crippen molar-refractivity contribution in [3.63, 3.8) is 0 Å². The zero-order valence-corrected chi connectivity index (χ0v) is 22.7. The van der Waals surface area contributed by atoms with Crippen LogP contribution in [0, 0.1) is 5.92 Å². The van der Waals surface area contributed by atoms with Crippen molar-refractivity contribution in [1.29, 1.82) is 0 Å². The van der Waals surface area contributed by atoms with Gasteiger partial charge in [-0.05, 0) is 25.2 Å². The van der Waals surface area contributed by atoms with Crippen LogP contribution in [0.2, 0.25) is 0 Å². The molecule has 0 heterocycles. The average Bonchev–Trinajstić information content (AvgIpc) is 2.21. The van der Waals surface area contributed by atoms with E-state index in [9.17, 15) is 0 Å². The number of alkyl halides is 15. The van der Waals surface area contributed by atoms with Crippen LogP contribution in [0.1, 0.15) is 19.3 Å². The van der Waals surface area contributed by atoms with Gasteiger partial charge in [0, 0.05) is 0 Å². The Labute approximate surface area is 221 Å². The molecular weight excluding hydrogens is 652 g/mol. The Morgan fingerprint density at radius 3 is 0.640 bits per heavy atom. The van der Waals surface area contributed by atoms with Crippen LogP contribution >= 0.6 is 174 Å². The Balaban J connectivity index is 5.70. The van der Waals surface area contributed by atoms with E-state index in [-0.39, 0.29) is 19.3 Å². The quantitative estimate of drug-likeness (QED) is 0.249. The first kappa shape index (κ1) is 29.4. The Bertz CT molecular complexity index is 370. The topological polar surface area (TPSA) is 0 Å². The summed E-state index contributed by atoms with van der Waals surface area (Å²) in [5, 5.41) is 0. The van der Waals surface area contributed by atoms with Gasteiger partial charge >= 0.3 is 0 Å². The molecule has 0 saturated heterocycles. The average molecular weight is 659 g/mol. The standard InChI is InChI=1S/C10H7Cl15/c11-5(12,8(17,18)19)1-4(2-6(13,14)9(20,21)22)3-7(15,16)10(23,24)25/h4H,1-3H2. The molecule has 0 aliphatic carbocycles. The monoisotopic (exact) mass is 652 g/mol. The van der Waals surface area contributed by atoms with Gasteiger partial charge in [-0.2, -0.15) is 0 Å². The highest BCUT2D eigenvalue weighted by Crippen LogP contribution is 2.57. The highest BCUT2D eigenvalue weighted by atomic mass is 35.6. The fourth-order valence-corrected chi connectivity index (χ4v) is 3.66. The molecule has 25 heavy (non-hydrogen) atoms. The first-order valence-electron chi connectivity index (χ1n) is 5.87. The third kappa shape index (κ3) is 9.16. The Kier molecular flexibility index (Phi) is 11.6. The van der Waals surface area contributed by atoms with E-state index in [0.717, 1.165) is 0 Å². The maximum absolute atomic E-state index is 6.09. The van der Waals surface area contributed by atoms with E-state index < -0.39 is 30.3 Å². The molecule has 0 aromatic rings. The van der Waals surface area contributed by atoms with Crippen molar-refractivity contribution in [3.05, 3.63) is 0 Å². The van der Waals surface area contributed by atoms with E-state index in [1.165, 1.54) is 0 Å². The molecule has 0 amide bonds. The summed E-state index contributed by atoms with van der Waals surface area (Å²) >= 11 is 88.5. The second-order valence-corrected chi connectivity index (χ2v) is 16.4. The number of halogens is 15. The van der Waals surface area contributed by atoms with Crippen molar-refractivity contribution in [2.75, 3.05) is 0 Å². The lowest BCUT2D eigenvalue weighted by molar-refractivity contribution is 0.366. The number of hydrogen-bond acceptors (Lipinski definition) is 0. The summed E-state index contributed by atoms with van der Waals surface area (Å²) < 4.78 is -12.0. The lowest BCUT2D eigenvalue weighted by atomic mass is 9.92. The molecule has 0 aliphatic rings. The van der Waals surface area contributed by atoms with E-state index in [4.69, 9.17) is 174 Å². The first-order valence-corrected chi connectivity index (χ1v) is 11.5. The second kappa shape index (κ2) is 9.87. The summed E-state index contributed by atoms with van der Waals surface area (Å²) in [6.45, 7) is 0. The fraction of sp³-hybridized carbons (Fsp3) is 1.00. The van der Waals surface area contributed by atoms with Gasteiger partial charge in [0.2, 0.25) is 11.4 Å². The van der Waals surface area contributed by atoms with E-state index >= 15 is 0 Å². The predicted molar refractivity (Wildman–Crippen MR) is 122 cm³/mol. The summed E-state index contributed by atoms with van der Waals surface area (Å²) in [5.41, 5.74) is 0. The third-order valence-electron chi connectivity index (χ3n) is 2.88. The Hall–Kier alpha value is 4.35. The highest BCUT2D eigenvalue weighted by Gasteiger charge is 2.54. The van der Waals surface area contributed by atoms with Gasteiger partial charge in [-0.15, -0.1) is 0 Å². The minimum Gasteiger partial charge on any atom is -0.0969 e. The van der Waals surface area contributed by atoms with Gasteiger partial charge in [0.05, 0.1) is 0 Å². The molecule has 15 heteroatoms. The maximum Gasteiger partial charge on any atom is 0.223 e. The van der Waals surface area contributed by atoms with Crippen LogP contribution in [0.15, 0.2) is 0 Å². The van der Waals surface area contributed by atoms with Crippen LogP contribution in [0.5, 0.6) is 0 Å². The van der Waals surface area contributed by atoms with Crippen LogP contribution in [0.3, 0.4) is 0 Å². The minimum absolute atomic E-state index is 0.240. The van der Waals surface area contributed by atoms with E-state index in [1.54, 1.807) is 0 Å². The highest BCUT2D eigenvalue weighted by molar-refractivity contribution is 6.77. The zero-order chi connectivity index (χ0) is 20.7. The predicted octanol–water partition coefficient (Wildman–Crippen LogP) is 10.4. The molecule has 0 N–H and O–H groups in total. The van der Waals surface area contributed by atoms with Crippen molar-refractivity contribution >= 4 is 174 Å².